The first kappa shape index (κ1) is 16.3. The Morgan fingerprint density at radius 1 is 1.11 bits per heavy atom. The molecule has 1 N–H and O–H groups in total. The molecule has 1 aliphatic rings. The molecule has 0 aliphatic carbocycles. The molecule has 0 atom stereocenters. The largest absolute Gasteiger partial charge is 0.361 e. The maximum atomic E-state index is 4.44. The highest BCUT2D eigenvalue weighted by Crippen LogP contribution is 2.20. The number of benzene rings is 1. The molecular weight excluding hydrogens is 338 g/mol. The number of piperazine rings is 1. The van der Waals surface area contributed by atoms with Crippen LogP contribution in [0, 0.1) is 6.92 Å². The van der Waals surface area contributed by atoms with Gasteiger partial charge in [-0.15, -0.1) is 0 Å². The number of aromatic nitrogens is 5. The molecule has 138 valence electrons. The highest BCUT2D eigenvalue weighted by molar-refractivity contribution is 5.83. The van der Waals surface area contributed by atoms with Gasteiger partial charge in [-0.25, -0.2) is 4.98 Å². The normalized spacial score (nSPS) is 15.8. The Labute approximate surface area is 157 Å². The van der Waals surface area contributed by atoms with Crippen LogP contribution in [-0.4, -0.2) is 62.2 Å². The molecule has 3 aromatic heterocycles. The molecule has 0 saturated carbocycles. The lowest BCUT2D eigenvalue weighted by Gasteiger charge is -2.35. The maximum absolute atomic E-state index is 4.44. The molecule has 4 heterocycles. The standard InChI is InChI=1S/C20H23N7/c1-15-12-19(27-20(24-15)22-14-23-27)26-10-8-25(9-11-26)7-6-16-13-21-18-5-3-2-4-17(16)18/h2-5,12-14,21H,6-11H2,1H3. The van der Waals surface area contributed by atoms with Crippen LogP contribution >= 0.6 is 0 Å². The quantitative estimate of drug-likeness (QED) is 0.604. The molecule has 0 radical (unpaired) electrons. The van der Waals surface area contributed by atoms with Gasteiger partial charge in [0.1, 0.15) is 12.1 Å². The molecule has 0 spiro atoms. The number of para-hydroxylation sites is 1. The summed E-state index contributed by atoms with van der Waals surface area (Å²) >= 11 is 0. The zero-order valence-electron chi connectivity index (χ0n) is 15.5. The molecule has 1 saturated heterocycles. The predicted octanol–water partition coefficient (Wildman–Crippen LogP) is 2.28. The van der Waals surface area contributed by atoms with E-state index in [-0.39, 0.29) is 0 Å². The fourth-order valence-corrected chi connectivity index (χ4v) is 3.95. The molecule has 27 heavy (non-hydrogen) atoms. The molecule has 4 aromatic rings. The molecule has 0 unspecified atom stereocenters. The van der Waals surface area contributed by atoms with Crippen molar-refractivity contribution in [2.75, 3.05) is 37.6 Å². The highest BCUT2D eigenvalue weighted by Gasteiger charge is 2.20. The number of aromatic amines is 1. The van der Waals surface area contributed by atoms with E-state index in [0.29, 0.717) is 5.78 Å². The molecule has 7 nitrogen and oxygen atoms in total. The zero-order valence-corrected chi connectivity index (χ0v) is 15.5. The van der Waals surface area contributed by atoms with E-state index in [4.69, 9.17) is 0 Å². The van der Waals surface area contributed by atoms with Gasteiger partial charge >= 0.3 is 0 Å². The first-order valence-electron chi connectivity index (χ1n) is 9.47. The van der Waals surface area contributed by atoms with Gasteiger partial charge in [-0.3, -0.25) is 4.90 Å². The summed E-state index contributed by atoms with van der Waals surface area (Å²) in [6.07, 6.45) is 4.80. The Morgan fingerprint density at radius 2 is 1.96 bits per heavy atom. The third kappa shape index (κ3) is 3.04. The fraction of sp³-hybridized carbons (Fsp3) is 0.350. The number of hydrogen-bond donors (Lipinski definition) is 1. The minimum atomic E-state index is 0.673. The Kier molecular flexibility index (Phi) is 4.01. The Morgan fingerprint density at radius 3 is 2.85 bits per heavy atom. The molecule has 0 amide bonds. The molecule has 1 aromatic carbocycles. The average molecular weight is 361 g/mol. The summed E-state index contributed by atoms with van der Waals surface area (Å²) in [5, 5.41) is 5.68. The summed E-state index contributed by atoms with van der Waals surface area (Å²) in [5.41, 5.74) is 3.61. The van der Waals surface area contributed by atoms with Crippen molar-refractivity contribution in [1.29, 1.82) is 0 Å². The van der Waals surface area contributed by atoms with E-state index in [9.17, 15) is 0 Å². The van der Waals surface area contributed by atoms with E-state index in [1.165, 1.54) is 16.5 Å². The highest BCUT2D eigenvalue weighted by atomic mass is 15.4. The van der Waals surface area contributed by atoms with E-state index >= 15 is 0 Å². The number of rotatable bonds is 4. The first-order valence-corrected chi connectivity index (χ1v) is 9.47. The number of aryl methyl sites for hydroxylation is 1. The van der Waals surface area contributed by atoms with Crippen LogP contribution in [-0.2, 0) is 6.42 Å². The monoisotopic (exact) mass is 361 g/mol. The van der Waals surface area contributed by atoms with Crippen molar-refractivity contribution in [2.45, 2.75) is 13.3 Å². The van der Waals surface area contributed by atoms with Crippen LogP contribution in [0.25, 0.3) is 16.7 Å². The van der Waals surface area contributed by atoms with Crippen molar-refractivity contribution < 1.29 is 0 Å². The molecule has 1 aliphatic heterocycles. The summed E-state index contributed by atoms with van der Waals surface area (Å²) in [7, 11) is 0. The van der Waals surface area contributed by atoms with Crippen LogP contribution in [0.4, 0.5) is 5.82 Å². The molecular formula is C20H23N7. The second-order valence-electron chi connectivity index (χ2n) is 7.17. The Bertz CT molecular complexity index is 1070. The van der Waals surface area contributed by atoms with Gasteiger partial charge in [0, 0.05) is 61.6 Å². The third-order valence-corrected chi connectivity index (χ3v) is 5.43. The topological polar surface area (TPSA) is 65.3 Å². The third-order valence-electron chi connectivity index (χ3n) is 5.43. The number of H-pyrrole nitrogens is 1. The predicted molar refractivity (Wildman–Crippen MR) is 106 cm³/mol. The van der Waals surface area contributed by atoms with Crippen LogP contribution in [0.3, 0.4) is 0 Å². The van der Waals surface area contributed by atoms with Crippen LogP contribution in [0.2, 0.25) is 0 Å². The second kappa shape index (κ2) is 6.66. The van der Waals surface area contributed by atoms with Gasteiger partial charge in [-0.05, 0) is 25.0 Å². The minimum absolute atomic E-state index is 0.673. The van der Waals surface area contributed by atoms with E-state index < -0.39 is 0 Å². The summed E-state index contributed by atoms with van der Waals surface area (Å²) < 4.78 is 1.84. The van der Waals surface area contributed by atoms with Crippen molar-refractivity contribution in [2.24, 2.45) is 0 Å². The van der Waals surface area contributed by atoms with Gasteiger partial charge in [0.05, 0.1) is 0 Å². The van der Waals surface area contributed by atoms with Gasteiger partial charge in [0.15, 0.2) is 0 Å². The smallest absolute Gasteiger partial charge is 0.254 e. The summed E-state index contributed by atoms with van der Waals surface area (Å²) in [6, 6.07) is 10.6. The van der Waals surface area contributed by atoms with Crippen molar-refractivity contribution >= 4 is 22.5 Å². The van der Waals surface area contributed by atoms with Crippen molar-refractivity contribution in [1.82, 2.24) is 29.5 Å². The lowest BCUT2D eigenvalue weighted by Crippen LogP contribution is -2.47. The zero-order chi connectivity index (χ0) is 18.2. The van der Waals surface area contributed by atoms with Gasteiger partial charge in [0.2, 0.25) is 0 Å². The summed E-state index contributed by atoms with van der Waals surface area (Å²) in [6.45, 7) is 7.19. The number of nitrogens with zero attached hydrogens (tertiary/aromatic N) is 6. The van der Waals surface area contributed by atoms with Crippen molar-refractivity contribution in [3.05, 3.63) is 54.1 Å². The minimum Gasteiger partial charge on any atom is -0.361 e. The Hall–Kier alpha value is -2.93. The SMILES string of the molecule is Cc1cc(N2CCN(CCc3c[nH]c4ccccc34)CC2)n2ncnc2n1. The number of nitrogens with one attached hydrogen (secondary N) is 1. The molecule has 0 bridgehead atoms. The van der Waals surface area contributed by atoms with E-state index in [2.05, 4.69) is 66.4 Å². The number of fused-ring (bicyclic) bond motifs is 2. The fourth-order valence-electron chi connectivity index (χ4n) is 3.95. The second-order valence-corrected chi connectivity index (χ2v) is 7.17. The van der Waals surface area contributed by atoms with Crippen molar-refractivity contribution in [3.8, 4) is 0 Å². The number of anilines is 1. The number of hydrogen-bond acceptors (Lipinski definition) is 5. The van der Waals surface area contributed by atoms with E-state index in [1.807, 2.05) is 11.4 Å². The van der Waals surface area contributed by atoms with Crippen LogP contribution in [0.15, 0.2) is 42.9 Å². The Balaban J connectivity index is 1.24. The first-order chi connectivity index (χ1) is 13.3. The van der Waals surface area contributed by atoms with E-state index in [0.717, 1.165) is 50.7 Å². The van der Waals surface area contributed by atoms with Gasteiger partial charge in [0.25, 0.3) is 5.78 Å². The maximum Gasteiger partial charge on any atom is 0.254 e. The van der Waals surface area contributed by atoms with Gasteiger partial charge < -0.3 is 9.88 Å². The van der Waals surface area contributed by atoms with Crippen molar-refractivity contribution in [3.63, 3.8) is 0 Å². The van der Waals surface area contributed by atoms with E-state index in [1.54, 1.807) is 6.33 Å². The lowest BCUT2D eigenvalue weighted by molar-refractivity contribution is 0.260. The van der Waals surface area contributed by atoms with Crippen LogP contribution in [0.1, 0.15) is 11.3 Å². The van der Waals surface area contributed by atoms with Gasteiger partial charge in [-0.2, -0.15) is 14.6 Å². The average Bonchev–Trinajstić information content (AvgIpc) is 3.33. The van der Waals surface area contributed by atoms with Gasteiger partial charge in [-0.1, -0.05) is 18.2 Å². The van der Waals surface area contributed by atoms with Crippen LogP contribution in [0.5, 0.6) is 0 Å². The summed E-state index contributed by atoms with van der Waals surface area (Å²) in [5.74, 6) is 1.76. The molecule has 7 heteroatoms. The summed E-state index contributed by atoms with van der Waals surface area (Å²) in [4.78, 5) is 17.0. The molecule has 1 fully saturated rings. The lowest BCUT2D eigenvalue weighted by atomic mass is 10.1. The molecule has 5 rings (SSSR count). The van der Waals surface area contributed by atoms with Crippen LogP contribution < -0.4 is 4.90 Å².